The maximum Gasteiger partial charge on any atom is 0.227 e. The number of nitrogens with zero attached hydrogens (tertiary/aromatic N) is 4. The third kappa shape index (κ3) is 4.81. The topological polar surface area (TPSA) is 59.1 Å². The summed E-state index contributed by atoms with van der Waals surface area (Å²) in [7, 11) is 0. The van der Waals surface area contributed by atoms with Gasteiger partial charge in [-0.25, -0.2) is 9.83 Å². The van der Waals surface area contributed by atoms with Crippen molar-refractivity contribution in [3.8, 4) is 45.5 Å². The van der Waals surface area contributed by atoms with Crippen molar-refractivity contribution in [2.45, 2.75) is 0 Å². The fourth-order valence-corrected chi connectivity index (χ4v) is 7.39. The SMILES string of the molecule is [C-]#[N+]c1ccc2cc(-c3ccc4c(c3)c3cc(-c5ccc6cc(C#N)ccc6c5)ccc3n4-c3ccc(-c4nc5ccccc5o4)cc3)ccc2c1. The molecule has 8 aromatic carbocycles. The molecule has 0 bridgehead atoms. The highest BCUT2D eigenvalue weighted by atomic mass is 16.3. The third-order valence-electron chi connectivity index (χ3n) is 10.0. The monoisotopic (exact) mass is 662 g/mol. The van der Waals surface area contributed by atoms with E-state index in [2.05, 4.69) is 113 Å². The first-order valence-electron chi connectivity index (χ1n) is 17.0. The third-order valence-corrected chi connectivity index (χ3v) is 10.0. The molecule has 10 rings (SSSR count). The lowest BCUT2D eigenvalue weighted by molar-refractivity contribution is 0.620. The molecule has 0 aliphatic rings. The molecule has 0 unspecified atom stereocenters. The summed E-state index contributed by atoms with van der Waals surface area (Å²) in [6, 6.07) is 56.4. The molecule has 0 radical (unpaired) electrons. The van der Waals surface area contributed by atoms with Crippen molar-refractivity contribution in [3.63, 3.8) is 0 Å². The summed E-state index contributed by atoms with van der Waals surface area (Å²) in [5.41, 5.74) is 11.6. The van der Waals surface area contributed by atoms with E-state index < -0.39 is 0 Å². The van der Waals surface area contributed by atoms with Gasteiger partial charge in [0.1, 0.15) is 5.52 Å². The van der Waals surface area contributed by atoms with Crippen LogP contribution in [0.1, 0.15) is 5.56 Å². The second kappa shape index (κ2) is 11.6. The van der Waals surface area contributed by atoms with Gasteiger partial charge in [0.25, 0.3) is 0 Å². The van der Waals surface area contributed by atoms with Crippen LogP contribution in [0.25, 0.3) is 98.7 Å². The number of hydrogen-bond acceptors (Lipinski definition) is 3. The molecule has 5 nitrogen and oxygen atoms in total. The lowest BCUT2D eigenvalue weighted by Crippen LogP contribution is -1.94. The Labute approximate surface area is 298 Å². The number of nitriles is 1. The fourth-order valence-electron chi connectivity index (χ4n) is 7.39. The highest BCUT2D eigenvalue weighted by Crippen LogP contribution is 2.39. The summed E-state index contributed by atoms with van der Waals surface area (Å²) in [6.45, 7) is 7.40. The van der Waals surface area contributed by atoms with Crippen LogP contribution in [0.15, 0.2) is 162 Å². The number of rotatable bonds is 4. The predicted molar refractivity (Wildman–Crippen MR) is 211 cm³/mol. The number of para-hydroxylation sites is 2. The Morgan fingerprint density at radius 1 is 0.558 bits per heavy atom. The minimum atomic E-state index is 0.601. The van der Waals surface area contributed by atoms with Gasteiger partial charge < -0.3 is 8.98 Å². The first kappa shape index (κ1) is 29.4. The van der Waals surface area contributed by atoms with Crippen LogP contribution in [0, 0.1) is 17.9 Å². The number of hydrogen-bond donors (Lipinski definition) is 0. The van der Waals surface area contributed by atoms with E-state index in [1.165, 1.54) is 0 Å². The molecule has 0 aliphatic carbocycles. The highest BCUT2D eigenvalue weighted by molar-refractivity contribution is 6.12. The lowest BCUT2D eigenvalue weighted by atomic mass is 9.97. The predicted octanol–water partition coefficient (Wildman–Crippen LogP) is 12.7. The van der Waals surface area contributed by atoms with Gasteiger partial charge in [0.15, 0.2) is 11.3 Å². The minimum absolute atomic E-state index is 0.601. The summed E-state index contributed by atoms with van der Waals surface area (Å²) in [5.74, 6) is 0.601. The Hall–Kier alpha value is -7.47. The van der Waals surface area contributed by atoms with Crippen LogP contribution in [0.2, 0.25) is 0 Å². The molecular formula is C47H26N4O. The summed E-state index contributed by atoms with van der Waals surface area (Å²) in [4.78, 5) is 8.31. The van der Waals surface area contributed by atoms with Crippen LogP contribution in [-0.2, 0) is 0 Å². The molecule has 0 amide bonds. The highest BCUT2D eigenvalue weighted by Gasteiger charge is 2.16. The molecule has 0 spiro atoms. The van der Waals surface area contributed by atoms with E-state index >= 15 is 0 Å². The van der Waals surface area contributed by atoms with Crippen molar-refractivity contribution < 1.29 is 4.42 Å². The van der Waals surface area contributed by atoms with Crippen molar-refractivity contribution in [2.75, 3.05) is 0 Å². The van der Waals surface area contributed by atoms with Crippen LogP contribution < -0.4 is 0 Å². The average Bonchev–Trinajstić information content (AvgIpc) is 3.79. The molecular weight excluding hydrogens is 637 g/mol. The summed E-state index contributed by atoms with van der Waals surface area (Å²) < 4.78 is 8.39. The molecule has 10 aromatic rings. The Kier molecular flexibility index (Phi) is 6.55. The maximum atomic E-state index is 9.38. The first-order valence-corrected chi connectivity index (χ1v) is 17.0. The molecule has 0 saturated heterocycles. The zero-order valence-electron chi connectivity index (χ0n) is 27.7. The van der Waals surface area contributed by atoms with Crippen molar-refractivity contribution in [1.82, 2.24) is 9.55 Å². The fraction of sp³-hybridized carbons (Fsp3) is 0. The van der Waals surface area contributed by atoms with E-state index in [0.29, 0.717) is 17.1 Å². The van der Waals surface area contributed by atoms with E-state index in [-0.39, 0.29) is 0 Å². The largest absolute Gasteiger partial charge is 0.436 e. The normalized spacial score (nSPS) is 11.4. The molecule has 0 N–H and O–H groups in total. The van der Waals surface area contributed by atoms with E-state index in [1.54, 1.807) is 0 Å². The van der Waals surface area contributed by atoms with E-state index in [4.69, 9.17) is 16.0 Å². The zero-order valence-corrected chi connectivity index (χ0v) is 27.7. The number of aromatic nitrogens is 2. The summed E-state index contributed by atoms with van der Waals surface area (Å²) in [5, 5.41) is 16.0. The van der Waals surface area contributed by atoms with Crippen molar-refractivity contribution in [2.24, 2.45) is 0 Å². The quantitative estimate of drug-likeness (QED) is 0.176. The standard InChI is InChI=1S/C47H26N4O/c1-49-39-17-12-35-24-34(10-11-36(35)25-39)38-16-21-45-42(27-38)41-26-37(33-9-8-31-22-29(28-48)6-7-32(31)23-33)15-20-44(41)51(45)40-18-13-30(14-19-40)47-50-43-4-2-3-5-46(43)52-47/h2-27H. The van der Waals surface area contributed by atoms with Gasteiger partial charge in [-0.3, -0.25) is 0 Å². The summed E-state index contributed by atoms with van der Waals surface area (Å²) in [6.07, 6.45) is 0. The second-order valence-corrected chi connectivity index (χ2v) is 13.1. The second-order valence-electron chi connectivity index (χ2n) is 13.1. The van der Waals surface area contributed by atoms with E-state index in [0.717, 1.165) is 88.0 Å². The minimum Gasteiger partial charge on any atom is -0.436 e. The maximum absolute atomic E-state index is 9.38. The molecule has 0 aliphatic heterocycles. The van der Waals surface area contributed by atoms with Crippen molar-refractivity contribution in [1.29, 1.82) is 5.26 Å². The van der Waals surface area contributed by atoms with Gasteiger partial charge in [-0.05, 0) is 135 Å². The Bertz CT molecular complexity index is 2960. The van der Waals surface area contributed by atoms with Gasteiger partial charge in [-0.2, -0.15) is 5.26 Å². The van der Waals surface area contributed by atoms with E-state index in [9.17, 15) is 5.26 Å². The van der Waals surface area contributed by atoms with Crippen LogP contribution in [0.5, 0.6) is 0 Å². The van der Waals surface area contributed by atoms with Gasteiger partial charge >= 0.3 is 0 Å². The van der Waals surface area contributed by atoms with Gasteiger partial charge in [0, 0.05) is 22.0 Å². The molecule has 0 fully saturated rings. The Balaban J connectivity index is 1.14. The molecule has 52 heavy (non-hydrogen) atoms. The van der Waals surface area contributed by atoms with Gasteiger partial charge in [-0.1, -0.05) is 66.7 Å². The molecule has 2 heterocycles. The lowest BCUT2D eigenvalue weighted by Gasteiger charge is -2.10. The smallest absolute Gasteiger partial charge is 0.227 e. The number of benzene rings is 8. The van der Waals surface area contributed by atoms with Crippen LogP contribution in [-0.4, -0.2) is 9.55 Å². The molecule has 2 aromatic heterocycles. The van der Waals surface area contributed by atoms with Crippen LogP contribution >= 0.6 is 0 Å². The van der Waals surface area contributed by atoms with Gasteiger partial charge in [0.05, 0.1) is 29.2 Å². The Morgan fingerprint density at radius 3 is 1.77 bits per heavy atom. The van der Waals surface area contributed by atoms with Gasteiger partial charge in [-0.15, -0.1) is 0 Å². The van der Waals surface area contributed by atoms with Crippen molar-refractivity contribution in [3.05, 3.63) is 175 Å². The first-order chi connectivity index (χ1) is 25.6. The summed E-state index contributed by atoms with van der Waals surface area (Å²) >= 11 is 0. The molecule has 0 saturated carbocycles. The number of fused-ring (bicyclic) bond motifs is 6. The van der Waals surface area contributed by atoms with Gasteiger partial charge in [0.2, 0.25) is 5.89 Å². The molecule has 5 heteroatoms. The average molecular weight is 663 g/mol. The molecule has 240 valence electrons. The van der Waals surface area contributed by atoms with Crippen molar-refractivity contribution >= 4 is 60.1 Å². The molecule has 0 atom stereocenters. The Morgan fingerprint density at radius 2 is 1.12 bits per heavy atom. The number of oxazole rings is 1. The van der Waals surface area contributed by atoms with Crippen LogP contribution in [0.3, 0.4) is 0 Å². The zero-order chi connectivity index (χ0) is 34.8. The van der Waals surface area contributed by atoms with Crippen LogP contribution in [0.4, 0.5) is 5.69 Å². The van der Waals surface area contributed by atoms with E-state index in [1.807, 2.05) is 60.7 Å².